The second-order valence-electron chi connectivity index (χ2n) is 5.00. The fourth-order valence-electron chi connectivity index (χ4n) is 2.69. The lowest BCUT2D eigenvalue weighted by molar-refractivity contribution is 0.0300. The van der Waals surface area contributed by atoms with Gasteiger partial charge in [0.1, 0.15) is 12.0 Å². The highest BCUT2D eigenvalue weighted by molar-refractivity contribution is 6.05. The number of nitrogens with zero attached hydrogens (tertiary/aromatic N) is 4. The van der Waals surface area contributed by atoms with Gasteiger partial charge in [0.15, 0.2) is 5.65 Å². The van der Waals surface area contributed by atoms with Crippen LogP contribution >= 0.6 is 0 Å². The maximum Gasteiger partial charge on any atom is 0.273 e. The molecule has 1 amide bonds. The molecular formula is C15H14N4O2. The number of para-hydroxylation sites is 1. The van der Waals surface area contributed by atoms with Crippen LogP contribution in [0.1, 0.15) is 10.5 Å². The molecule has 0 atom stereocenters. The van der Waals surface area contributed by atoms with Crippen molar-refractivity contribution in [2.45, 2.75) is 0 Å². The second kappa shape index (κ2) is 4.82. The minimum absolute atomic E-state index is 0.0433. The van der Waals surface area contributed by atoms with Crippen molar-refractivity contribution in [3.8, 4) is 0 Å². The molecule has 6 nitrogen and oxygen atoms in total. The normalized spacial score (nSPS) is 15.7. The first kappa shape index (κ1) is 12.3. The van der Waals surface area contributed by atoms with Crippen LogP contribution in [0, 0.1) is 0 Å². The topological polar surface area (TPSA) is 59.7 Å². The van der Waals surface area contributed by atoms with Crippen molar-refractivity contribution in [1.29, 1.82) is 0 Å². The summed E-state index contributed by atoms with van der Waals surface area (Å²) in [6.07, 6.45) is 3.39. The molecule has 0 N–H and O–H groups in total. The third-order valence-corrected chi connectivity index (χ3v) is 3.76. The van der Waals surface area contributed by atoms with Crippen molar-refractivity contribution in [3.05, 3.63) is 42.5 Å². The Hall–Kier alpha value is -2.47. The van der Waals surface area contributed by atoms with Crippen LogP contribution in [0.4, 0.5) is 0 Å². The molecule has 0 saturated carbocycles. The minimum Gasteiger partial charge on any atom is -0.378 e. The molecule has 2 aromatic heterocycles. The van der Waals surface area contributed by atoms with E-state index in [1.165, 1.54) is 0 Å². The van der Waals surface area contributed by atoms with Gasteiger partial charge in [0.2, 0.25) is 0 Å². The molecular weight excluding hydrogens is 268 g/mol. The van der Waals surface area contributed by atoms with Gasteiger partial charge < -0.3 is 9.64 Å². The number of aromatic nitrogens is 3. The van der Waals surface area contributed by atoms with Crippen LogP contribution in [-0.4, -0.2) is 51.5 Å². The zero-order valence-corrected chi connectivity index (χ0v) is 11.4. The number of rotatable bonds is 1. The minimum atomic E-state index is -0.0433. The van der Waals surface area contributed by atoms with Crippen molar-refractivity contribution in [1.82, 2.24) is 19.3 Å². The SMILES string of the molecule is O=C(c1nc2cncn2c2ccccc12)N1CCOCC1. The molecule has 106 valence electrons. The lowest BCUT2D eigenvalue weighted by Crippen LogP contribution is -2.41. The Morgan fingerprint density at radius 1 is 1.19 bits per heavy atom. The van der Waals surface area contributed by atoms with Crippen molar-refractivity contribution in [3.63, 3.8) is 0 Å². The molecule has 1 aliphatic rings. The van der Waals surface area contributed by atoms with Gasteiger partial charge in [-0.25, -0.2) is 9.97 Å². The van der Waals surface area contributed by atoms with Crippen LogP contribution in [0.3, 0.4) is 0 Å². The van der Waals surface area contributed by atoms with Crippen LogP contribution in [-0.2, 0) is 4.74 Å². The highest BCUT2D eigenvalue weighted by atomic mass is 16.5. The van der Waals surface area contributed by atoms with Crippen molar-refractivity contribution in [2.24, 2.45) is 0 Å². The van der Waals surface area contributed by atoms with E-state index < -0.39 is 0 Å². The van der Waals surface area contributed by atoms with E-state index in [1.54, 1.807) is 17.4 Å². The lowest BCUT2D eigenvalue weighted by Gasteiger charge is -2.26. The van der Waals surface area contributed by atoms with Gasteiger partial charge in [0.25, 0.3) is 5.91 Å². The molecule has 1 saturated heterocycles. The van der Waals surface area contributed by atoms with E-state index in [1.807, 2.05) is 28.7 Å². The third kappa shape index (κ3) is 1.95. The summed E-state index contributed by atoms with van der Waals surface area (Å²) in [5.74, 6) is -0.0433. The van der Waals surface area contributed by atoms with Gasteiger partial charge in [-0.05, 0) is 6.07 Å². The van der Waals surface area contributed by atoms with Crippen molar-refractivity contribution >= 4 is 22.5 Å². The first-order valence-corrected chi connectivity index (χ1v) is 6.92. The van der Waals surface area contributed by atoms with E-state index in [9.17, 15) is 4.79 Å². The number of carbonyl (C=O) groups is 1. The Morgan fingerprint density at radius 3 is 2.86 bits per heavy atom. The van der Waals surface area contributed by atoms with Crippen molar-refractivity contribution < 1.29 is 9.53 Å². The van der Waals surface area contributed by atoms with E-state index in [4.69, 9.17) is 4.74 Å². The van der Waals surface area contributed by atoms with E-state index >= 15 is 0 Å². The average molecular weight is 282 g/mol. The molecule has 4 rings (SSSR count). The van der Waals surface area contributed by atoms with Gasteiger partial charge in [-0.2, -0.15) is 0 Å². The highest BCUT2D eigenvalue weighted by Crippen LogP contribution is 2.20. The van der Waals surface area contributed by atoms with E-state index in [2.05, 4.69) is 9.97 Å². The number of amides is 1. The predicted molar refractivity (Wildman–Crippen MR) is 77.2 cm³/mol. The Kier molecular flexibility index (Phi) is 2.82. The fraction of sp³-hybridized carbons (Fsp3) is 0.267. The summed E-state index contributed by atoms with van der Waals surface area (Å²) < 4.78 is 7.20. The smallest absolute Gasteiger partial charge is 0.273 e. The first-order valence-electron chi connectivity index (χ1n) is 6.92. The quantitative estimate of drug-likeness (QED) is 0.676. The zero-order chi connectivity index (χ0) is 14.2. The lowest BCUT2D eigenvalue weighted by atomic mass is 10.1. The summed E-state index contributed by atoms with van der Waals surface area (Å²) in [6, 6.07) is 7.77. The van der Waals surface area contributed by atoms with Gasteiger partial charge in [-0.3, -0.25) is 9.20 Å². The Labute approximate surface area is 121 Å². The van der Waals surface area contributed by atoms with E-state index in [0.29, 0.717) is 37.6 Å². The Balaban J connectivity index is 1.91. The van der Waals surface area contributed by atoms with Gasteiger partial charge >= 0.3 is 0 Å². The number of imidazole rings is 1. The number of morpholine rings is 1. The van der Waals surface area contributed by atoms with E-state index in [-0.39, 0.29) is 5.91 Å². The summed E-state index contributed by atoms with van der Waals surface area (Å²) >= 11 is 0. The van der Waals surface area contributed by atoms with Crippen LogP contribution in [0.15, 0.2) is 36.8 Å². The summed E-state index contributed by atoms with van der Waals surface area (Å²) in [5, 5.41) is 0.847. The molecule has 6 heteroatoms. The molecule has 0 unspecified atom stereocenters. The summed E-state index contributed by atoms with van der Waals surface area (Å²) in [6.45, 7) is 2.38. The first-order chi connectivity index (χ1) is 10.3. The number of ether oxygens (including phenoxy) is 1. The molecule has 21 heavy (non-hydrogen) atoms. The van der Waals surface area contributed by atoms with Crippen LogP contribution < -0.4 is 0 Å². The van der Waals surface area contributed by atoms with Crippen LogP contribution in [0.2, 0.25) is 0 Å². The van der Waals surface area contributed by atoms with Crippen LogP contribution in [0.25, 0.3) is 16.6 Å². The molecule has 0 bridgehead atoms. The number of fused-ring (bicyclic) bond motifs is 3. The maximum atomic E-state index is 12.8. The van der Waals surface area contributed by atoms with Crippen LogP contribution in [0.5, 0.6) is 0 Å². The van der Waals surface area contributed by atoms with Gasteiger partial charge in [0.05, 0.1) is 24.9 Å². The molecule has 1 aliphatic heterocycles. The second-order valence-corrected chi connectivity index (χ2v) is 5.00. The summed E-state index contributed by atoms with van der Waals surface area (Å²) in [7, 11) is 0. The summed E-state index contributed by atoms with van der Waals surface area (Å²) in [4.78, 5) is 23.2. The monoisotopic (exact) mass is 282 g/mol. The number of carbonyl (C=O) groups excluding carboxylic acids is 1. The van der Waals surface area contributed by atoms with Gasteiger partial charge in [0, 0.05) is 18.5 Å². The largest absolute Gasteiger partial charge is 0.378 e. The molecule has 1 aromatic carbocycles. The molecule has 3 aromatic rings. The number of benzene rings is 1. The molecule has 1 fully saturated rings. The Bertz CT molecular complexity index is 821. The molecule has 0 aliphatic carbocycles. The van der Waals surface area contributed by atoms with Gasteiger partial charge in [-0.15, -0.1) is 0 Å². The number of hydrogen-bond acceptors (Lipinski definition) is 4. The highest BCUT2D eigenvalue weighted by Gasteiger charge is 2.22. The van der Waals surface area contributed by atoms with Crippen molar-refractivity contribution in [2.75, 3.05) is 26.3 Å². The molecule has 0 radical (unpaired) electrons. The predicted octanol–water partition coefficient (Wildman–Crippen LogP) is 1.35. The van der Waals surface area contributed by atoms with Gasteiger partial charge in [-0.1, -0.05) is 18.2 Å². The standard InChI is InChI=1S/C15H14N4O2/c20-15(18-5-7-21-8-6-18)14-11-3-1-2-4-12(11)19-10-16-9-13(19)17-14/h1-4,9-10H,5-8H2. The third-order valence-electron chi connectivity index (χ3n) is 3.76. The molecule has 3 heterocycles. The Morgan fingerprint density at radius 2 is 2.00 bits per heavy atom. The maximum absolute atomic E-state index is 12.8. The van der Waals surface area contributed by atoms with E-state index in [0.717, 1.165) is 10.9 Å². The number of hydrogen-bond donors (Lipinski definition) is 0. The molecule has 0 spiro atoms. The average Bonchev–Trinajstić information content (AvgIpc) is 3.03. The summed E-state index contributed by atoms with van der Waals surface area (Å²) in [5.41, 5.74) is 2.11. The fourth-order valence-corrected chi connectivity index (χ4v) is 2.69. The zero-order valence-electron chi connectivity index (χ0n) is 11.4.